The number of nitrogens with one attached hydrogen (secondary N) is 1. The molecule has 8 heteroatoms. The highest BCUT2D eigenvalue weighted by Crippen LogP contribution is 2.16. The summed E-state index contributed by atoms with van der Waals surface area (Å²) in [7, 11) is 0. The summed E-state index contributed by atoms with van der Waals surface area (Å²) in [5.74, 6) is -0.298. The molecule has 2 aromatic rings. The van der Waals surface area contributed by atoms with Crippen LogP contribution >= 0.6 is 27.3 Å². The van der Waals surface area contributed by atoms with Crippen LogP contribution in [0.2, 0.25) is 0 Å². The number of nitrogens with zero attached hydrogens (tertiary/aromatic N) is 3. The van der Waals surface area contributed by atoms with Crippen LogP contribution in [0.5, 0.6) is 0 Å². The molecule has 0 aliphatic heterocycles. The van der Waals surface area contributed by atoms with E-state index in [1.807, 2.05) is 6.92 Å². The minimum absolute atomic E-state index is 0.289. The zero-order valence-corrected chi connectivity index (χ0v) is 13.2. The predicted octanol–water partition coefficient (Wildman–Crippen LogP) is 2.87. The van der Waals surface area contributed by atoms with Gasteiger partial charge in [0.1, 0.15) is 6.04 Å². The van der Waals surface area contributed by atoms with Gasteiger partial charge in [0.25, 0.3) is 5.91 Å². The number of halogens is 2. The highest BCUT2D eigenvalue weighted by molar-refractivity contribution is 9.10. The van der Waals surface area contributed by atoms with Crippen LogP contribution in [0.4, 0.5) is 4.39 Å². The van der Waals surface area contributed by atoms with Gasteiger partial charge in [0.15, 0.2) is 5.13 Å². The largest absolute Gasteiger partial charge is 0.271 e. The first kappa shape index (κ1) is 14.9. The minimum Gasteiger partial charge on any atom is -0.271 e. The summed E-state index contributed by atoms with van der Waals surface area (Å²) in [4.78, 5) is 12.5. The molecule has 5 nitrogen and oxygen atoms in total. The Hall–Kier alpha value is -1.54. The summed E-state index contributed by atoms with van der Waals surface area (Å²) >= 11 is 4.30. The lowest BCUT2D eigenvalue weighted by atomic mass is 10.3. The number of aromatic nitrogens is 2. The van der Waals surface area contributed by atoms with Crippen LogP contribution in [-0.4, -0.2) is 21.9 Å². The van der Waals surface area contributed by atoms with E-state index in [9.17, 15) is 9.18 Å². The molecule has 0 bridgehead atoms. The zero-order valence-electron chi connectivity index (χ0n) is 10.8. The first-order valence-electron chi connectivity index (χ1n) is 5.77. The maximum atomic E-state index is 12.8. The molecular formula is C12H12BrFN4OS. The second-order valence-electron chi connectivity index (χ2n) is 4.09. The van der Waals surface area contributed by atoms with Crippen LogP contribution in [0.25, 0.3) is 0 Å². The molecule has 0 fully saturated rings. The number of amides is 1. The smallest absolute Gasteiger partial charge is 0.264 e. The zero-order chi connectivity index (χ0) is 14.7. The molecule has 1 atom stereocenters. The van der Waals surface area contributed by atoms with E-state index in [2.05, 4.69) is 31.6 Å². The van der Waals surface area contributed by atoms with Crippen molar-refractivity contribution in [3.63, 3.8) is 0 Å². The molecule has 0 radical (unpaired) electrons. The molecule has 2 aromatic heterocycles. The second-order valence-corrected chi connectivity index (χ2v) is 6.01. The number of hydrogen-bond donors (Lipinski definition) is 1. The summed E-state index contributed by atoms with van der Waals surface area (Å²) in [6.07, 6.45) is 3.14. The van der Waals surface area contributed by atoms with E-state index >= 15 is 0 Å². The molecule has 0 saturated carbocycles. The Balaban J connectivity index is 1.96. The third kappa shape index (κ3) is 3.51. The van der Waals surface area contributed by atoms with E-state index in [1.54, 1.807) is 23.9 Å². The number of aryl methyl sites for hydroxylation is 1. The minimum atomic E-state index is -0.489. The molecule has 1 amide bonds. The van der Waals surface area contributed by atoms with Crippen molar-refractivity contribution in [3.8, 4) is 0 Å². The fourth-order valence-electron chi connectivity index (χ4n) is 1.43. The van der Waals surface area contributed by atoms with Gasteiger partial charge in [-0.1, -0.05) is 0 Å². The second kappa shape index (κ2) is 6.27. The molecule has 106 valence electrons. The molecule has 0 aliphatic rings. The summed E-state index contributed by atoms with van der Waals surface area (Å²) in [6, 6.07) is 2.45. The van der Waals surface area contributed by atoms with Gasteiger partial charge in [-0.25, -0.2) is 5.43 Å². The first-order valence-corrected chi connectivity index (χ1v) is 7.38. The third-order valence-corrected chi connectivity index (χ3v) is 4.18. The van der Waals surface area contributed by atoms with Crippen molar-refractivity contribution >= 4 is 39.4 Å². The van der Waals surface area contributed by atoms with Crippen LogP contribution in [0, 0.1) is 12.1 Å². The Morgan fingerprint density at radius 2 is 2.40 bits per heavy atom. The van der Waals surface area contributed by atoms with E-state index in [-0.39, 0.29) is 11.0 Å². The Bertz CT molecular complexity index is 632. The van der Waals surface area contributed by atoms with Crippen molar-refractivity contribution in [1.29, 1.82) is 0 Å². The number of hydrogen-bond acceptors (Lipinski definition) is 4. The average Bonchev–Trinajstić information content (AvgIpc) is 2.96. The van der Waals surface area contributed by atoms with Gasteiger partial charge >= 0.3 is 0 Å². The van der Waals surface area contributed by atoms with Gasteiger partial charge in [0.05, 0.1) is 21.3 Å². The van der Waals surface area contributed by atoms with Gasteiger partial charge in [-0.05, 0) is 41.9 Å². The molecule has 0 aliphatic carbocycles. The number of carbonyl (C=O) groups excluding carboxylic acids is 1. The van der Waals surface area contributed by atoms with Crippen LogP contribution in [0.15, 0.2) is 27.9 Å². The van der Waals surface area contributed by atoms with Crippen LogP contribution in [0.3, 0.4) is 0 Å². The van der Waals surface area contributed by atoms with E-state index < -0.39 is 6.04 Å². The molecule has 0 aromatic carbocycles. The predicted molar refractivity (Wildman–Crippen MR) is 79.4 cm³/mol. The third-order valence-electron chi connectivity index (χ3n) is 2.59. The van der Waals surface area contributed by atoms with Gasteiger partial charge < -0.3 is 0 Å². The van der Waals surface area contributed by atoms with E-state index in [0.29, 0.717) is 4.88 Å². The molecule has 2 heterocycles. The molecule has 0 saturated heterocycles. The van der Waals surface area contributed by atoms with Crippen molar-refractivity contribution in [2.24, 2.45) is 5.10 Å². The van der Waals surface area contributed by atoms with Crippen molar-refractivity contribution in [2.45, 2.75) is 19.9 Å². The van der Waals surface area contributed by atoms with Gasteiger partial charge in [0, 0.05) is 6.20 Å². The molecule has 1 N–H and O–H groups in total. The molecule has 2 rings (SSSR count). The van der Waals surface area contributed by atoms with E-state index in [1.165, 1.54) is 12.3 Å². The van der Waals surface area contributed by atoms with Gasteiger partial charge in [0.2, 0.25) is 0 Å². The highest BCUT2D eigenvalue weighted by atomic mass is 79.9. The number of hydrazone groups is 1. The fraction of sp³-hybridized carbons (Fsp3) is 0.250. The Kier molecular flexibility index (Phi) is 4.66. The average molecular weight is 359 g/mol. The van der Waals surface area contributed by atoms with Crippen LogP contribution in [0.1, 0.15) is 23.5 Å². The standard InChI is InChI=1S/C12H12BrFN4OS/c1-7-10(13)6-18(17-7)8(2)12(19)16-15-5-9-3-4-11(14)20-9/h3-6,8H,1-2H3,(H,16,19). The monoisotopic (exact) mass is 358 g/mol. The Morgan fingerprint density at radius 1 is 1.65 bits per heavy atom. The summed E-state index contributed by atoms with van der Waals surface area (Å²) in [6.45, 7) is 3.56. The highest BCUT2D eigenvalue weighted by Gasteiger charge is 2.16. The number of carbonyl (C=O) groups is 1. The Labute approximate surface area is 127 Å². The summed E-state index contributed by atoms with van der Waals surface area (Å²) in [5, 5.41) is 7.72. The summed E-state index contributed by atoms with van der Waals surface area (Å²) in [5.41, 5.74) is 3.21. The van der Waals surface area contributed by atoms with Crippen molar-refractivity contribution < 1.29 is 9.18 Å². The Morgan fingerprint density at radius 3 is 2.95 bits per heavy atom. The first-order chi connectivity index (χ1) is 9.47. The van der Waals surface area contributed by atoms with Crippen molar-refractivity contribution in [3.05, 3.63) is 38.5 Å². The number of rotatable bonds is 4. The van der Waals surface area contributed by atoms with Gasteiger partial charge in [-0.2, -0.15) is 14.6 Å². The lowest BCUT2D eigenvalue weighted by Gasteiger charge is -2.09. The normalized spacial score (nSPS) is 12.8. The fourth-order valence-corrected chi connectivity index (χ4v) is 2.32. The van der Waals surface area contributed by atoms with Gasteiger partial charge in [-0.15, -0.1) is 11.3 Å². The quantitative estimate of drug-likeness (QED) is 0.674. The van der Waals surface area contributed by atoms with Crippen molar-refractivity contribution in [1.82, 2.24) is 15.2 Å². The van der Waals surface area contributed by atoms with Crippen LogP contribution in [-0.2, 0) is 4.79 Å². The molecular weight excluding hydrogens is 347 g/mol. The SMILES string of the molecule is Cc1nn(C(C)C(=O)NN=Cc2ccc(F)s2)cc1Br. The number of thiophene rings is 1. The lowest BCUT2D eigenvalue weighted by molar-refractivity contribution is -0.124. The van der Waals surface area contributed by atoms with Crippen LogP contribution < -0.4 is 5.43 Å². The molecule has 0 spiro atoms. The van der Waals surface area contributed by atoms with E-state index in [4.69, 9.17) is 0 Å². The summed E-state index contributed by atoms with van der Waals surface area (Å²) < 4.78 is 15.1. The molecule has 20 heavy (non-hydrogen) atoms. The van der Waals surface area contributed by atoms with Crippen molar-refractivity contribution in [2.75, 3.05) is 0 Å². The lowest BCUT2D eigenvalue weighted by Crippen LogP contribution is -2.27. The van der Waals surface area contributed by atoms with E-state index in [0.717, 1.165) is 21.5 Å². The molecule has 1 unspecified atom stereocenters. The maximum absolute atomic E-state index is 12.8. The van der Waals surface area contributed by atoms with Gasteiger partial charge in [-0.3, -0.25) is 9.48 Å². The topological polar surface area (TPSA) is 59.3 Å². The maximum Gasteiger partial charge on any atom is 0.264 e.